The Bertz CT molecular complexity index is 1190. The number of benzene rings is 2. The van der Waals surface area contributed by atoms with Crippen molar-refractivity contribution in [2.24, 2.45) is 0 Å². The van der Waals surface area contributed by atoms with Crippen LogP contribution in [0.4, 0.5) is 8.78 Å². The molecule has 2 aliphatic heterocycles. The fraction of sp³-hybridized carbons (Fsp3) is 0.500. The quantitative estimate of drug-likeness (QED) is 0.332. The molecule has 4 N–H and O–H groups in total. The number of hydrogen-bond donors (Lipinski definition) is 4. The average Bonchev–Trinajstić information content (AvgIpc) is 2.97. The number of nitrogens with zero attached hydrogens (tertiary/aromatic N) is 2. The van der Waals surface area contributed by atoms with Gasteiger partial charge >= 0.3 is 11.9 Å². The van der Waals surface area contributed by atoms with E-state index in [2.05, 4.69) is 4.90 Å². The standard InChI is InChI=1S/C26H32F2N2O3.C4H6O6/c1-26(2)32-17-24(18-33-26)29-13-11-23(12-14-29)30(16-20-5-9-22(28)10-6-20)25(31)15-19-3-7-21(27)8-4-19;5-1(3(7)8)2(6)4(9)10/h3-10,23-24H,11-18H2,1-2H3;1-2,5-6H,(H,7,8)(H,9,10). The number of carboxylic acid groups (broad SMARTS) is 2. The molecule has 0 aromatic heterocycles. The van der Waals surface area contributed by atoms with Gasteiger partial charge in [0.2, 0.25) is 5.91 Å². The molecule has 0 bridgehead atoms. The van der Waals surface area contributed by atoms with Crippen LogP contribution in [0.25, 0.3) is 0 Å². The minimum Gasteiger partial charge on any atom is -0.479 e. The number of aliphatic carboxylic acids is 2. The van der Waals surface area contributed by atoms with Crippen LogP contribution in [0.3, 0.4) is 0 Å². The van der Waals surface area contributed by atoms with E-state index in [1.807, 2.05) is 18.7 Å². The summed E-state index contributed by atoms with van der Waals surface area (Å²) in [6, 6.07) is 12.6. The Morgan fingerprint density at radius 1 is 0.860 bits per heavy atom. The van der Waals surface area contributed by atoms with E-state index in [4.69, 9.17) is 29.9 Å². The predicted molar refractivity (Wildman–Crippen MR) is 149 cm³/mol. The maximum absolute atomic E-state index is 13.4. The minimum atomic E-state index is -2.27. The van der Waals surface area contributed by atoms with E-state index in [0.717, 1.165) is 37.1 Å². The number of likely N-dealkylation sites (tertiary alicyclic amines) is 1. The molecular formula is C30H38F2N2O9. The van der Waals surface area contributed by atoms with Crippen LogP contribution >= 0.6 is 0 Å². The van der Waals surface area contributed by atoms with Crippen molar-refractivity contribution < 1.29 is 53.1 Å². The third kappa shape index (κ3) is 10.3. The van der Waals surface area contributed by atoms with Crippen LogP contribution in [0.2, 0.25) is 0 Å². The number of amides is 1. The Balaban J connectivity index is 0.000000436. The summed E-state index contributed by atoms with van der Waals surface area (Å²) in [7, 11) is 0. The molecule has 2 heterocycles. The van der Waals surface area contributed by atoms with Crippen LogP contribution in [0, 0.1) is 11.6 Å². The van der Waals surface area contributed by atoms with Crippen LogP contribution < -0.4 is 0 Å². The minimum absolute atomic E-state index is 0.00420. The SMILES string of the molecule is CC1(C)OCC(N2CCC(N(Cc3ccc(F)cc3)C(=O)Cc3ccc(F)cc3)CC2)CO1.O=C(O)C(O)C(O)C(=O)O. The third-order valence-corrected chi connectivity index (χ3v) is 7.36. The molecule has 2 saturated heterocycles. The first kappa shape index (κ1) is 34.0. The van der Waals surface area contributed by atoms with Gasteiger partial charge in [-0.1, -0.05) is 24.3 Å². The summed E-state index contributed by atoms with van der Waals surface area (Å²) in [6.45, 7) is 7.26. The molecule has 0 saturated carbocycles. The van der Waals surface area contributed by atoms with Crippen LogP contribution in [0.15, 0.2) is 48.5 Å². The highest BCUT2D eigenvalue weighted by molar-refractivity contribution is 5.83. The lowest BCUT2D eigenvalue weighted by Gasteiger charge is -2.44. The molecule has 13 heteroatoms. The smallest absolute Gasteiger partial charge is 0.335 e. The normalized spacial score (nSPS) is 19.0. The Morgan fingerprint density at radius 3 is 1.74 bits per heavy atom. The molecule has 11 nitrogen and oxygen atoms in total. The molecule has 43 heavy (non-hydrogen) atoms. The van der Waals surface area contributed by atoms with Gasteiger partial charge in [-0.05, 0) is 62.1 Å². The molecule has 2 aromatic rings. The molecular weight excluding hydrogens is 570 g/mol. The van der Waals surface area contributed by atoms with Gasteiger partial charge in [0.15, 0.2) is 18.0 Å². The largest absolute Gasteiger partial charge is 0.479 e. The molecule has 2 aliphatic rings. The third-order valence-electron chi connectivity index (χ3n) is 7.36. The van der Waals surface area contributed by atoms with Crippen LogP contribution in [0.5, 0.6) is 0 Å². The molecule has 0 spiro atoms. The highest BCUT2D eigenvalue weighted by Crippen LogP contribution is 2.25. The zero-order valence-electron chi connectivity index (χ0n) is 24.1. The van der Waals surface area contributed by atoms with E-state index in [9.17, 15) is 23.2 Å². The first-order valence-corrected chi connectivity index (χ1v) is 13.9. The maximum Gasteiger partial charge on any atom is 0.335 e. The van der Waals surface area contributed by atoms with E-state index >= 15 is 0 Å². The van der Waals surface area contributed by atoms with Crippen molar-refractivity contribution in [1.29, 1.82) is 0 Å². The second kappa shape index (κ2) is 15.3. The number of halogens is 2. The fourth-order valence-electron chi connectivity index (χ4n) is 4.81. The first-order chi connectivity index (χ1) is 20.3. The zero-order valence-corrected chi connectivity index (χ0v) is 24.1. The number of ether oxygens (including phenoxy) is 2. The highest BCUT2D eigenvalue weighted by Gasteiger charge is 2.35. The fourth-order valence-corrected chi connectivity index (χ4v) is 4.81. The van der Waals surface area contributed by atoms with Crippen molar-refractivity contribution in [3.05, 3.63) is 71.3 Å². The number of aliphatic hydroxyl groups is 2. The van der Waals surface area contributed by atoms with Gasteiger partial charge in [-0.3, -0.25) is 9.69 Å². The highest BCUT2D eigenvalue weighted by atomic mass is 19.1. The monoisotopic (exact) mass is 608 g/mol. The molecule has 1 amide bonds. The van der Waals surface area contributed by atoms with E-state index < -0.39 is 29.9 Å². The summed E-state index contributed by atoms with van der Waals surface area (Å²) in [6.07, 6.45) is -2.64. The summed E-state index contributed by atoms with van der Waals surface area (Å²) in [4.78, 5) is 37.2. The van der Waals surface area contributed by atoms with E-state index in [1.54, 1.807) is 24.3 Å². The Labute approximate surface area is 248 Å². The number of piperidine rings is 1. The number of carbonyl (C=O) groups excluding carboxylic acids is 1. The van der Waals surface area contributed by atoms with Gasteiger partial charge in [-0.2, -0.15) is 0 Å². The van der Waals surface area contributed by atoms with E-state index in [1.165, 1.54) is 24.3 Å². The van der Waals surface area contributed by atoms with Crippen molar-refractivity contribution in [3.8, 4) is 0 Å². The summed E-state index contributed by atoms with van der Waals surface area (Å²) < 4.78 is 38.3. The summed E-state index contributed by atoms with van der Waals surface area (Å²) in [5.74, 6) is -4.69. The van der Waals surface area contributed by atoms with Crippen molar-refractivity contribution in [3.63, 3.8) is 0 Å². The predicted octanol–water partition coefficient (Wildman–Crippen LogP) is 2.03. The molecule has 0 radical (unpaired) electrons. The maximum atomic E-state index is 13.4. The van der Waals surface area contributed by atoms with Gasteiger partial charge in [0, 0.05) is 25.7 Å². The Hall–Kier alpha value is -3.49. The first-order valence-electron chi connectivity index (χ1n) is 13.9. The zero-order chi connectivity index (χ0) is 31.7. The molecule has 2 atom stereocenters. The number of carboxylic acids is 2. The summed E-state index contributed by atoms with van der Waals surface area (Å²) in [5.41, 5.74) is 1.67. The number of hydrogen-bond acceptors (Lipinski definition) is 8. The Morgan fingerprint density at radius 2 is 1.30 bits per heavy atom. The van der Waals surface area contributed by atoms with Gasteiger partial charge in [-0.15, -0.1) is 0 Å². The molecule has 4 rings (SSSR count). The molecule has 2 fully saturated rings. The van der Waals surface area contributed by atoms with Crippen molar-refractivity contribution in [1.82, 2.24) is 9.80 Å². The van der Waals surface area contributed by atoms with E-state index in [-0.39, 0.29) is 36.0 Å². The van der Waals surface area contributed by atoms with Crippen LogP contribution in [-0.2, 0) is 36.8 Å². The lowest BCUT2D eigenvalue weighted by atomic mass is 9.99. The molecule has 0 aliphatic carbocycles. The number of rotatable bonds is 9. The lowest BCUT2D eigenvalue weighted by molar-refractivity contribution is -0.264. The van der Waals surface area contributed by atoms with Gasteiger partial charge in [0.1, 0.15) is 11.6 Å². The molecule has 236 valence electrons. The second-order valence-corrected chi connectivity index (χ2v) is 11.0. The summed E-state index contributed by atoms with van der Waals surface area (Å²) in [5, 5.41) is 32.5. The number of carbonyl (C=O) groups is 3. The topological polar surface area (TPSA) is 157 Å². The van der Waals surface area contributed by atoms with Gasteiger partial charge in [-0.25, -0.2) is 18.4 Å². The van der Waals surface area contributed by atoms with Crippen LogP contribution in [0.1, 0.15) is 37.8 Å². The van der Waals surface area contributed by atoms with Crippen LogP contribution in [-0.4, -0.2) is 104 Å². The van der Waals surface area contributed by atoms with E-state index in [0.29, 0.717) is 19.8 Å². The average molecular weight is 609 g/mol. The van der Waals surface area contributed by atoms with Gasteiger partial charge in [0.05, 0.1) is 25.7 Å². The van der Waals surface area contributed by atoms with Crippen molar-refractivity contribution in [2.45, 2.75) is 69.7 Å². The summed E-state index contributed by atoms with van der Waals surface area (Å²) >= 11 is 0. The second-order valence-electron chi connectivity index (χ2n) is 11.0. The molecule has 2 aromatic carbocycles. The molecule has 2 unspecified atom stereocenters. The Kier molecular flexibility index (Phi) is 12.1. The van der Waals surface area contributed by atoms with Gasteiger partial charge < -0.3 is 34.8 Å². The van der Waals surface area contributed by atoms with Crippen molar-refractivity contribution in [2.75, 3.05) is 26.3 Å². The lowest BCUT2D eigenvalue weighted by Crippen LogP contribution is -2.55. The van der Waals surface area contributed by atoms with Gasteiger partial charge in [0.25, 0.3) is 0 Å². The number of aliphatic hydroxyl groups excluding tert-OH is 2. The van der Waals surface area contributed by atoms with Crippen molar-refractivity contribution >= 4 is 17.8 Å².